The van der Waals surface area contributed by atoms with Gasteiger partial charge in [-0.05, 0) is 54.6 Å². The fourth-order valence-corrected chi connectivity index (χ4v) is 3.99. The highest BCUT2D eigenvalue weighted by atomic mass is 16.2. The predicted molar refractivity (Wildman–Crippen MR) is 99.3 cm³/mol. The highest BCUT2D eigenvalue weighted by Crippen LogP contribution is 2.30. The monoisotopic (exact) mass is 335 g/mol. The number of nitrogens with two attached hydrogens (primary N) is 1. The van der Waals surface area contributed by atoms with Crippen LogP contribution in [0.25, 0.3) is 0 Å². The summed E-state index contributed by atoms with van der Waals surface area (Å²) in [4.78, 5) is 14.9. The quantitative estimate of drug-likeness (QED) is 0.886. The van der Waals surface area contributed by atoms with Gasteiger partial charge >= 0.3 is 0 Å². The Bertz CT molecular complexity index is 774. The zero-order valence-electron chi connectivity index (χ0n) is 14.5. The minimum Gasteiger partial charge on any atom is -0.336 e. The summed E-state index contributed by atoms with van der Waals surface area (Å²) in [6.45, 7) is 3.17. The summed E-state index contributed by atoms with van der Waals surface area (Å²) in [5.41, 5.74) is 10.7. The second-order valence-corrected chi connectivity index (χ2v) is 7.26. The first-order valence-electron chi connectivity index (χ1n) is 9.12. The van der Waals surface area contributed by atoms with E-state index in [0.29, 0.717) is 13.1 Å². The van der Waals surface area contributed by atoms with E-state index in [2.05, 4.69) is 29.6 Å². The molecule has 3 N–H and O–H groups in total. The standard InChI is InChI=1S/C21H25N3O/c22-21(19-6-2-1-3-7-19)10-12-24(15-21)20(25)17-9-8-16-5-4-11-23-14-18(16)13-17/h1-3,6-9,13,23H,4-5,10-12,14-15,22H2. The van der Waals surface area contributed by atoms with Gasteiger partial charge in [0.1, 0.15) is 0 Å². The molecule has 2 aliphatic heterocycles. The number of nitrogens with zero attached hydrogens (tertiary/aromatic N) is 1. The number of hydrogen-bond donors (Lipinski definition) is 2. The van der Waals surface area contributed by atoms with Crippen molar-refractivity contribution in [2.45, 2.75) is 31.3 Å². The fraction of sp³-hybridized carbons (Fsp3) is 0.381. The van der Waals surface area contributed by atoms with Crippen molar-refractivity contribution in [2.24, 2.45) is 5.73 Å². The molecule has 1 saturated heterocycles. The molecular formula is C21H25N3O. The maximum absolute atomic E-state index is 13.0. The lowest BCUT2D eigenvalue weighted by molar-refractivity contribution is 0.0783. The zero-order valence-corrected chi connectivity index (χ0v) is 14.5. The largest absolute Gasteiger partial charge is 0.336 e. The van der Waals surface area contributed by atoms with Crippen molar-refractivity contribution in [2.75, 3.05) is 19.6 Å². The third-order valence-corrected chi connectivity index (χ3v) is 5.51. The average Bonchev–Trinajstić information content (AvgIpc) is 2.91. The van der Waals surface area contributed by atoms with Crippen molar-refractivity contribution < 1.29 is 4.79 Å². The van der Waals surface area contributed by atoms with E-state index < -0.39 is 5.54 Å². The van der Waals surface area contributed by atoms with Gasteiger partial charge in [-0.1, -0.05) is 36.4 Å². The summed E-state index contributed by atoms with van der Waals surface area (Å²) < 4.78 is 0. The first kappa shape index (κ1) is 16.3. The van der Waals surface area contributed by atoms with Crippen LogP contribution >= 0.6 is 0 Å². The first-order valence-corrected chi connectivity index (χ1v) is 9.12. The predicted octanol–water partition coefficient (Wildman–Crippen LogP) is 2.42. The Balaban J connectivity index is 1.53. The van der Waals surface area contributed by atoms with Crippen LogP contribution in [0, 0.1) is 0 Å². The van der Waals surface area contributed by atoms with E-state index in [-0.39, 0.29) is 5.91 Å². The number of hydrogen-bond acceptors (Lipinski definition) is 3. The number of rotatable bonds is 2. The van der Waals surface area contributed by atoms with Crippen LogP contribution in [-0.4, -0.2) is 30.4 Å². The van der Waals surface area contributed by atoms with E-state index in [9.17, 15) is 4.79 Å². The van der Waals surface area contributed by atoms with Crippen LogP contribution in [0.3, 0.4) is 0 Å². The number of likely N-dealkylation sites (tertiary alicyclic amines) is 1. The molecule has 2 aliphatic rings. The lowest BCUT2D eigenvalue weighted by Crippen LogP contribution is -2.41. The number of amides is 1. The molecule has 130 valence electrons. The molecular weight excluding hydrogens is 310 g/mol. The van der Waals surface area contributed by atoms with E-state index in [0.717, 1.165) is 43.5 Å². The van der Waals surface area contributed by atoms with Crippen LogP contribution in [-0.2, 0) is 18.5 Å². The Morgan fingerprint density at radius 3 is 2.80 bits per heavy atom. The van der Waals surface area contributed by atoms with Gasteiger partial charge in [0.2, 0.25) is 0 Å². The second kappa shape index (κ2) is 6.62. The highest BCUT2D eigenvalue weighted by Gasteiger charge is 2.38. The van der Waals surface area contributed by atoms with Crippen LogP contribution in [0.5, 0.6) is 0 Å². The van der Waals surface area contributed by atoms with Crippen LogP contribution in [0.2, 0.25) is 0 Å². The first-order chi connectivity index (χ1) is 12.2. The Morgan fingerprint density at radius 1 is 1.12 bits per heavy atom. The lowest BCUT2D eigenvalue weighted by Gasteiger charge is -2.25. The third-order valence-electron chi connectivity index (χ3n) is 5.51. The molecule has 2 aromatic carbocycles. The zero-order chi connectivity index (χ0) is 17.3. The molecule has 0 aliphatic carbocycles. The summed E-state index contributed by atoms with van der Waals surface area (Å²) in [5.74, 6) is 0.0929. The Labute approximate surface area is 149 Å². The summed E-state index contributed by atoms with van der Waals surface area (Å²) in [6.07, 6.45) is 3.04. The van der Waals surface area contributed by atoms with E-state index in [1.807, 2.05) is 29.2 Å². The van der Waals surface area contributed by atoms with Crippen LogP contribution < -0.4 is 11.1 Å². The SMILES string of the molecule is NC1(c2ccccc2)CCN(C(=O)c2ccc3c(c2)CNCCC3)C1. The molecule has 4 heteroatoms. The summed E-state index contributed by atoms with van der Waals surface area (Å²) >= 11 is 0. The lowest BCUT2D eigenvalue weighted by atomic mass is 9.90. The van der Waals surface area contributed by atoms with E-state index in [1.165, 1.54) is 11.1 Å². The minimum atomic E-state index is -0.440. The van der Waals surface area contributed by atoms with Crippen LogP contribution in [0.1, 0.15) is 39.9 Å². The van der Waals surface area contributed by atoms with Crippen molar-refractivity contribution in [3.63, 3.8) is 0 Å². The molecule has 1 atom stereocenters. The minimum absolute atomic E-state index is 0.0929. The van der Waals surface area contributed by atoms with Gasteiger partial charge < -0.3 is 16.0 Å². The molecule has 1 amide bonds. The molecule has 0 bridgehead atoms. The van der Waals surface area contributed by atoms with Gasteiger partial charge in [-0.2, -0.15) is 0 Å². The van der Waals surface area contributed by atoms with E-state index >= 15 is 0 Å². The molecule has 4 nitrogen and oxygen atoms in total. The van der Waals surface area contributed by atoms with Crippen molar-refractivity contribution in [1.29, 1.82) is 0 Å². The maximum Gasteiger partial charge on any atom is 0.253 e. The summed E-state index contributed by atoms with van der Waals surface area (Å²) in [6, 6.07) is 16.3. The Morgan fingerprint density at radius 2 is 1.96 bits per heavy atom. The van der Waals surface area contributed by atoms with Gasteiger partial charge in [-0.3, -0.25) is 4.79 Å². The Kier molecular flexibility index (Phi) is 4.32. The van der Waals surface area contributed by atoms with Gasteiger partial charge in [0.05, 0.1) is 5.54 Å². The van der Waals surface area contributed by atoms with Gasteiger partial charge in [0.15, 0.2) is 0 Å². The second-order valence-electron chi connectivity index (χ2n) is 7.26. The third kappa shape index (κ3) is 3.20. The van der Waals surface area contributed by atoms with E-state index in [4.69, 9.17) is 5.73 Å². The number of carbonyl (C=O) groups is 1. The average molecular weight is 335 g/mol. The number of benzene rings is 2. The molecule has 25 heavy (non-hydrogen) atoms. The maximum atomic E-state index is 13.0. The smallest absolute Gasteiger partial charge is 0.253 e. The molecule has 2 heterocycles. The molecule has 0 spiro atoms. The van der Waals surface area contributed by atoms with Crippen LogP contribution in [0.15, 0.2) is 48.5 Å². The fourth-order valence-electron chi connectivity index (χ4n) is 3.99. The molecule has 0 aromatic heterocycles. The van der Waals surface area contributed by atoms with Crippen molar-refractivity contribution in [1.82, 2.24) is 10.2 Å². The van der Waals surface area contributed by atoms with Gasteiger partial charge in [-0.25, -0.2) is 0 Å². The van der Waals surface area contributed by atoms with Crippen LogP contribution in [0.4, 0.5) is 0 Å². The number of carbonyl (C=O) groups excluding carboxylic acids is 1. The Hall–Kier alpha value is -2.17. The van der Waals surface area contributed by atoms with E-state index in [1.54, 1.807) is 0 Å². The summed E-state index contributed by atoms with van der Waals surface area (Å²) in [5, 5.41) is 3.43. The van der Waals surface area contributed by atoms with Gasteiger partial charge in [0.25, 0.3) is 5.91 Å². The molecule has 1 fully saturated rings. The number of aryl methyl sites for hydroxylation is 1. The van der Waals surface area contributed by atoms with Crippen molar-refractivity contribution in [3.8, 4) is 0 Å². The van der Waals surface area contributed by atoms with Crippen molar-refractivity contribution in [3.05, 3.63) is 70.8 Å². The van der Waals surface area contributed by atoms with Gasteiger partial charge in [-0.15, -0.1) is 0 Å². The summed E-state index contributed by atoms with van der Waals surface area (Å²) in [7, 11) is 0. The molecule has 2 aromatic rings. The molecule has 0 radical (unpaired) electrons. The number of nitrogens with one attached hydrogen (secondary N) is 1. The van der Waals surface area contributed by atoms with Crippen molar-refractivity contribution >= 4 is 5.91 Å². The highest BCUT2D eigenvalue weighted by molar-refractivity contribution is 5.94. The normalized spacial score (nSPS) is 23.2. The van der Waals surface area contributed by atoms with Gasteiger partial charge in [0, 0.05) is 25.2 Å². The topological polar surface area (TPSA) is 58.4 Å². The molecule has 0 saturated carbocycles. The number of fused-ring (bicyclic) bond motifs is 1. The molecule has 4 rings (SSSR count). The molecule has 1 unspecified atom stereocenters.